The molecule has 0 saturated carbocycles. The normalized spacial score (nSPS) is 11.9. The second-order valence-corrected chi connectivity index (χ2v) is 6.11. The molecule has 0 aliphatic rings. The summed E-state index contributed by atoms with van der Waals surface area (Å²) in [4.78, 5) is 0. The lowest BCUT2D eigenvalue weighted by atomic mass is 10.0. The highest BCUT2D eigenvalue weighted by Crippen LogP contribution is 2.33. The van der Waals surface area contributed by atoms with Crippen molar-refractivity contribution in [2.75, 3.05) is 6.61 Å². The fourth-order valence-electron chi connectivity index (χ4n) is 2.71. The van der Waals surface area contributed by atoms with E-state index in [9.17, 15) is 0 Å². The molecule has 0 fully saturated rings. The summed E-state index contributed by atoms with van der Waals surface area (Å²) in [6.45, 7) is 3.14. The molecule has 0 spiro atoms. The van der Waals surface area contributed by atoms with E-state index in [1.807, 2.05) is 73.7 Å². The van der Waals surface area contributed by atoms with E-state index in [0.717, 1.165) is 22.4 Å². The first-order valence-electron chi connectivity index (χ1n) is 8.40. The number of hydrogen-bond donors (Lipinski definition) is 0. The SMILES string of the molecule is CCOc1ccc(C(OCc2ccccc2)c2ccccc2Cl)cc1. The second-order valence-electron chi connectivity index (χ2n) is 5.70. The van der Waals surface area contributed by atoms with Crippen LogP contribution in [-0.4, -0.2) is 6.61 Å². The maximum absolute atomic E-state index is 6.43. The van der Waals surface area contributed by atoms with Crippen molar-refractivity contribution in [3.8, 4) is 5.75 Å². The number of ether oxygens (including phenoxy) is 2. The Hall–Kier alpha value is -2.29. The Morgan fingerprint density at radius 1 is 0.840 bits per heavy atom. The summed E-state index contributed by atoms with van der Waals surface area (Å²) in [5.74, 6) is 0.854. The summed E-state index contributed by atoms with van der Waals surface area (Å²) in [6, 6.07) is 26.0. The van der Waals surface area contributed by atoms with Crippen LogP contribution in [0.4, 0.5) is 0 Å². The molecule has 3 aromatic rings. The third kappa shape index (κ3) is 4.62. The lowest BCUT2D eigenvalue weighted by Gasteiger charge is -2.20. The topological polar surface area (TPSA) is 18.5 Å². The van der Waals surface area contributed by atoms with E-state index in [4.69, 9.17) is 21.1 Å². The van der Waals surface area contributed by atoms with Crippen LogP contribution in [0.2, 0.25) is 5.02 Å². The van der Waals surface area contributed by atoms with Crippen LogP contribution in [0.25, 0.3) is 0 Å². The maximum atomic E-state index is 6.43. The molecule has 0 aliphatic carbocycles. The Morgan fingerprint density at radius 2 is 1.52 bits per heavy atom. The smallest absolute Gasteiger partial charge is 0.119 e. The van der Waals surface area contributed by atoms with Gasteiger partial charge in [0.15, 0.2) is 0 Å². The molecule has 0 aromatic heterocycles. The Bertz CT molecular complexity index is 785. The van der Waals surface area contributed by atoms with Crippen molar-refractivity contribution in [2.24, 2.45) is 0 Å². The van der Waals surface area contributed by atoms with Gasteiger partial charge in [-0.3, -0.25) is 0 Å². The molecule has 0 amide bonds. The fraction of sp³-hybridized carbons (Fsp3) is 0.182. The van der Waals surface area contributed by atoms with Crippen LogP contribution >= 0.6 is 11.6 Å². The summed E-state index contributed by atoms with van der Waals surface area (Å²) < 4.78 is 11.8. The van der Waals surface area contributed by atoms with Crippen LogP contribution in [0.5, 0.6) is 5.75 Å². The van der Waals surface area contributed by atoms with E-state index < -0.39 is 0 Å². The summed E-state index contributed by atoms with van der Waals surface area (Å²) in [5.41, 5.74) is 3.14. The number of halogens is 1. The van der Waals surface area contributed by atoms with E-state index >= 15 is 0 Å². The van der Waals surface area contributed by atoms with Gasteiger partial charge in [0.25, 0.3) is 0 Å². The molecule has 1 atom stereocenters. The quantitative estimate of drug-likeness (QED) is 0.515. The first kappa shape index (κ1) is 17.5. The van der Waals surface area contributed by atoms with E-state index in [2.05, 4.69) is 12.1 Å². The average molecular weight is 353 g/mol. The molecule has 3 aromatic carbocycles. The van der Waals surface area contributed by atoms with Crippen LogP contribution in [-0.2, 0) is 11.3 Å². The molecule has 1 unspecified atom stereocenters. The maximum Gasteiger partial charge on any atom is 0.119 e. The van der Waals surface area contributed by atoms with Gasteiger partial charge in [-0.2, -0.15) is 0 Å². The number of hydrogen-bond acceptors (Lipinski definition) is 2. The van der Waals surface area contributed by atoms with Gasteiger partial charge in [0.05, 0.1) is 13.2 Å². The molecular formula is C22H21ClO2. The second kappa shape index (κ2) is 8.70. The van der Waals surface area contributed by atoms with Gasteiger partial charge in [-0.05, 0) is 36.2 Å². The van der Waals surface area contributed by atoms with E-state index in [1.165, 1.54) is 0 Å². The predicted molar refractivity (Wildman–Crippen MR) is 102 cm³/mol. The van der Waals surface area contributed by atoms with Gasteiger partial charge in [0.2, 0.25) is 0 Å². The first-order chi connectivity index (χ1) is 12.3. The Balaban J connectivity index is 1.87. The van der Waals surface area contributed by atoms with Crippen LogP contribution in [0.15, 0.2) is 78.9 Å². The minimum atomic E-state index is -0.232. The highest BCUT2D eigenvalue weighted by Gasteiger charge is 2.18. The molecule has 0 aliphatic heterocycles. The molecule has 0 radical (unpaired) electrons. The molecule has 0 saturated heterocycles. The van der Waals surface area contributed by atoms with E-state index in [1.54, 1.807) is 0 Å². The van der Waals surface area contributed by atoms with E-state index in [-0.39, 0.29) is 6.10 Å². The molecular weight excluding hydrogens is 332 g/mol. The predicted octanol–water partition coefficient (Wildman–Crippen LogP) is 6.04. The van der Waals surface area contributed by atoms with Crippen LogP contribution in [0.1, 0.15) is 29.7 Å². The van der Waals surface area contributed by atoms with Crippen LogP contribution in [0.3, 0.4) is 0 Å². The van der Waals surface area contributed by atoms with Gasteiger partial charge in [-0.1, -0.05) is 72.3 Å². The lowest BCUT2D eigenvalue weighted by molar-refractivity contribution is 0.0668. The summed E-state index contributed by atoms with van der Waals surface area (Å²) in [6.07, 6.45) is -0.232. The summed E-state index contributed by atoms with van der Waals surface area (Å²) in [7, 11) is 0. The van der Waals surface area contributed by atoms with Gasteiger partial charge in [-0.25, -0.2) is 0 Å². The summed E-state index contributed by atoms with van der Waals surface area (Å²) in [5, 5.41) is 0.703. The van der Waals surface area contributed by atoms with Crippen molar-refractivity contribution in [1.29, 1.82) is 0 Å². The largest absolute Gasteiger partial charge is 0.494 e. The number of rotatable bonds is 7. The van der Waals surface area contributed by atoms with Crippen molar-refractivity contribution < 1.29 is 9.47 Å². The fourth-order valence-corrected chi connectivity index (χ4v) is 2.95. The third-order valence-electron chi connectivity index (χ3n) is 3.94. The van der Waals surface area contributed by atoms with Gasteiger partial charge in [0.1, 0.15) is 11.9 Å². The molecule has 2 nitrogen and oxygen atoms in total. The molecule has 0 N–H and O–H groups in total. The van der Waals surface area contributed by atoms with Gasteiger partial charge in [0, 0.05) is 10.6 Å². The average Bonchev–Trinajstić information content (AvgIpc) is 2.65. The Morgan fingerprint density at radius 3 is 2.20 bits per heavy atom. The zero-order valence-corrected chi connectivity index (χ0v) is 14.9. The first-order valence-corrected chi connectivity index (χ1v) is 8.78. The molecule has 3 rings (SSSR count). The zero-order valence-electron chi connectivity index (χ0n) is 14.2. The minimum Gasteiger partial charge on any atom is -0.494 e. The molecule has 128 valence electrons. The molecule has 0 bridgehead atoms. The minimum absolute atomic E-state index is 0.232. The Labute approximate surface area is 154 Å². The molecule has 25 heavy (non-hydrogen) atoms. The standard InChI is InChI=1S/C22H21ClO2/c1-2-24-19-14-12-18(13-15-19)22(20-10-6-7-11-21(20)23)25-16-17-8-4-3-5-9-17/h3-15,22H,2,16H2,1H3. The van der Waals surface area contributed by atoms with E-state index in [0.29, 0.717) is 18.2 Å². The van der Waals surface area contributed by atoms with Crippen LogP contribution in [0, 0.1) is 0 Å². The van der Waals surface area contributed by atoms with Crippen molar-refractivity contribution in [1.82, 2.24) is 0 Å². The highest BCUT2D eigenvalue weighted by atomic mass is 35.5. The lowest BCUT2D eigenvalue weighted by Crippen LogP contribution is -2.07. The van der Waals surface area contributed by atoms with Crippen molar-refractivity contribution in [3.63, 3.8) is 0 Å². The monoisotopic (exact) mass is 352 g/mol. The molecule has 3 heteroatoms. The van der Waals surface area contributed by atoms with Gasteiger partial charge >= 0.3 is 0 Å². The number of benzene rings is 3. The zero-order chi connectivity index (χ0) is 17.5. The third-order valence-corrected chi connectivity index (χ3v) is 4.29. The van der Waals surface area contributed by atoms with Gasteiger partial charge in [-0.15, -0.1) is 0 Å². The Kier molecular flexibility index (Phi) is 6.10. The van der Waals surface area contributed by atoms with Crippen molar-refractivity contribution >= 4 is 11.6 Å². The highest BCUT2D eigenvalue weighted by molar-refractivity contribution is 6.31. The van der Waals surface area contributed by atoms with Gasteiger partial charge < -0.3 is 9.47 Å². The van der Waals surface area contributed by atoms with Crippen molar-refractivity contribution in [2.45, 2.75) is 19.6 Å². The summed E-state index contributed by atoms with van der Waals surface area (Å²) >= 11 is 6.43. The van der Waals surface area contributed by atoms with Crippen LogP contribution < -0.4 is 4.74 Å². The van der Waals surface area contributed by atoms with Crippen molar-refractivity contribution in [3.05, 3.63) is 101 Å². The molecule has 0 heterocycles.